The van der Waals surface area contributed by atoms with Gasteiger partial charge in [0.15, 0.2) is 0 Å². The van der Waals surface area contributed by atoms with Crippen LogP contribution in [0.5, 0.6) is 0 Å². The second-order valence-electron chi connectivity index (χ2n) is 8.65. The minimum Gasteiger partial charge on any atom is -1.00 e. The third kappa shape index (κ3) is 2.07. The number of hydrogen-bond acceptors (Lipinski definition) is 3. The number of nitrogens with zero attached hydrogens (tertiary/aromatic N) is 1. The van der Waals surface area contributed by atoms with E-state index in [-0.39, 0.29) is 36.9 Å². The third-order valence-corrected chi connectivity index (χ3v) is 7.85. The maximum Gasteiger partial charge on any atom is 0.320 e. The van der Waals surface area contributed by atoms with Gasteiger partial charge in [-0.3, -0.25) is 4.79 Å². The van der Waals surface area contributed by atoms with Crippen molar-refractivity contribution >= 4 is 16.9 Å². The summed E-state index contributed by atoms with van der Waals surface area (Å²) in [5, 5.41) is 11.8. The van der Waals surface area contributed by atoms with Crippen LogP contribution in [0.1, 0.15) is 30.6 Å². The molecule has 6 rings (SSSR count). The van der Waals surface area contributed by atoms with E-state index in [0.717, 1.165) is 29.4 Å². The molecule has 0 aliphatic carbocycles. The molecule has 150 valence electrons. The van der Waals surface area contributed by atoms with E-state index in [1.165, 1.54) is 29.3 Å². The molecule has 3 fully saturated rings. The van der Waals surface area contributed by atoms with Crippen molar-refractivity contribution in [3.05, 3.63) is 47.2 Å². The largest absolute Gasteiger partial charge is 1.00 e. The maximum atomic E-state index is 13.1. The first-order valence-electron chi connectivity index (χ1n) is 9.80. The summed E-state index contributed by atoms with van der Waals surface area (Å²) in [5.41, 5.74) is 4.23. The highest BCUT2D eigenvalue weighted by Gasteiger charge is 2.71. The number of piperidine rings is 3. The lowest BCUT2D eigenvalue weighted by Crippen LogP contribution is -3.00. The Bertz CT molecular complexity index is 983. The molecule has 1 aromatic carbocycles. The van der Waals surface area contributed by atoms with Gasteiger partial charge in [-0.25, -0.2) is 0 Å². The molecular weight excluding hydrogens is 376 g/mol. The molecule has 1 aromatic heterocycles. The SMILES string of the molecule is C/C=C1/C[N@@+]2(C)[C@H]3C[C@@H]1[C@@](CO)(C(=O)OC)[C@@H]2Cc1c3[nH]c2ccccc12.[Cl-]. The highest BCUT2D eigenvalue weighted by molar-refractivity contribution is 5.86. The van der Waals surface area contributed by atoms with Gasteiger partial charge in [-0.15, -0.1) is 0 Å². The van der Waals surface area contributed by atoms with Crippen LogP contribution in [0.4, 0.5) is 0 Å². The van der Waals surface area contributed by atoms with E-state index < -0.39 is 5.41 Å². The third-order valence-electron chi connectivity index (χ3n) is 7.85. The number of para-hydroxylation sites is 1. The lowest BCUT2D eigenvalue weighted by atomic mass is 9.54. The van der Waals surface area contributed by atoms with E-state index in [2.05, 4.69) is 42.4 Å². The Balaban J connectivity index is 0.00000192. The van der Waals surface area contributed by atoms with Crippen LogP contribution >= 0.6 is 0 Å². The van der Waals surface area contributed by atoms with Crippen molar-refractivity contribution < 1.29 is 31.5 Å². The molecule has 0 unspecified atom stereocenters. The average molecular weight is 403 g/mol. The smallest absolute Gasteiger partial charge is 0.320 e. The summed E-state index contributed by atoms with van der Waals surface area (Å²) in [7, 11) is 3.71. The van der Waals surface area contributed by atoms with E-state index in [1.807, 2.05) is 6.92 Å². The van der Waals surface area contributed by atoms with Crippen LogP contribution in [0.25, 0.3) is 10.9 Å². The van der Waals surface area contributed by atoms with Gasteiger partial charge >= 0.3 is 5.97 Å². The first-order chi connectivity index (χ1) is 13.0. The molecule has 6 heteroatoms. The van der Waals surface area contributed by atoms with Gasteiger partial charge < -0.3 is 31.7 Å². The van der Waals surface area contributed by atoms with Crippen molar-refractivity contribution in [2.45, 2.75) is 31.8 Å². The Hall–Kier alpha value is -1.82. The normalized spacial score (nSPS) is 36.9. The molecule has 0 saturated carbocycles. The van der Waals surface area contributed by atoms with E-state index in [1.54, 1.807) is 0 Å². The summed E-state index contributed by atoms with van der Waals surface area (Å²) in [6.45, 7) is 2.82. The van der Waals surface area contributed by atoms with E-state index in [4.69, 9.17) is 4.74 Å². The van der Waals surface area contributed by atoms with Crippen LogP contribution in [0.3, 0.4) is 0 Å². The van der Waals surface area contributed by atoms with E-state index >= 15 is 0 Å². The number of aliphatic hydroxyl groups is 1. The number of aliphatic hydroxyl groups excluding tert-OH is 1. The Morgan fingerprint density at radius 1 is 1.43 bits per heavy atom. The zero-order valence-corrected chi connectivity index (χ0v) is 17.3. The summed E-state index contributed by atoms with van der Waals surface area (Å²) < 4.78 is 6.05. The number of rotatable bonds is 2. The summed E-state index contributed by atoms with van der Waals surface area (Å²) >= 11 is 0. The number of quaternary nitrogens is 1. The number of fused-ring (bicyclic) bond motifs is 4. The van der Waals surface area contributed by atoms with Crippen molar-refractivity contribution in [2.75, 3.05) is 27.3 Å². The number of likely N-dealkylation sites (N-methyl/N-ethyl adjacent to an activating group) is 1. The molecular formula is C22H27ClN2O3. The number of allylic oxidation sites excluding steroid dienone is 1. The summed E-state index contributed by atoms with van der Waals surface area (Å²) in [5.74, 6) is -0.223. The fraction of sp³-hybridized carbons (Fsp3) is 0.500. The fourth-order valence-electron chi connectivity index (χ4n) is 6.62. The second-order valence-corrected chi connectivity index (χ2v) is 8.65. The molecule has 2 N–H and O–H groups in total. The predicted molar refractivity (Wildman–Crippen MR) is 103 cm³/mol. The van der Waals surface area contributed by atoms with Crippen molar-refractivity contribution in [1.29, 1.82) is 0 Å². The Morgan fingerprint density at radius 3 is 2.86 bits per heavy atom. The van der Waals surface area contributed by atoms with Crippen LogP contribution in [0.2, 0.25) is 0 Å². The van der Waals surface area contributed by atoms with Crippen molar-refractivity contribution in [2.24, 2.45) is 11.3 Å². The standard InChI is InChI=1S/C22H27N2O3.ClH/c1-4-13-11-24(2)18-10-16(13)22(12-25,21(26)27-3)19(24)9-15-14-7-5-6-8-17(14)23-20(15)18;/h4-8,16,18-19,23,25H,9-12H2,1-3H3;1H/q+1;/p-1/b13-4-;/t16-,18-,19-,22+,24-;/m0./s1. The summed E-state index contributed by atoms with van der Waals surface area (Å²) in [4.78, 5) is 16.8. The lowest BCUT2D eigenvalue weighted by Gasteiger charge is -2.66. The highest BCUT2D eigenvalue weighted by atomic mass is 35.5. The molecule has 2 aromatic rings. The number of hydrogen-bond donors (Lipinski definition) is 2. The van der Waals surface area contributed by atoms with Gasteiger partial charge in [0.1, 0.15) is 24.0 Å². The molecule has 28 heavy (non-hydrogen) atoms. The maximum absolute atomic E-state index is 13.1. The molecule has 3 saturated heterocycles. The van der Waals surface area contributed by atoms with Crippen molar-refractivity contribution in [3.63, 3.8) is 0 Å². The van der Waals surface area contributed by atoms with Gasteiger partial charge in [0.2, 0.25) is 0 Å². The molecule has 4 aliphatic rings. The second kappa shape index (κ2) is 6.34. The summed E-state index contributed by atoms with van der Waals surface area (Å²) in [6.07, 6.45) is 3.80. The van der Waals surface area contributed by atoms with Crippen LogP contribution in [-0.2, 0) is 16.0 Å². The van der Waals surface area contributed by atoms with E-state index in [9.17, 15) is 9.90 Å². The fourth-order valence-corrected chi connectivity index (χ4v) is 6.62. The topological polar surface area (TPSA) is 62.3 Å². The monoisotopic (exact) mass is 402 g/mol. The first kappa shape index (κ1) is 19.5. The van der Waals surface area contributed by atoms with Crippen LogP contribution in [0, 0.1) is 11.3 Å². The van der Waals surface area contributed by atoms with Gasteiger partial charge in [-0.05, 0) is 24.1 Å². The molecule has 0 spiro atoms. The van der Waals surface area contributed by atoms with Gasteiger partial charge in [0.05, 0.1) is 26.5 Å². The molecule has 4 bridgehead atoms. The number of carbonyl (C=O) groups is 1. The molecule has 5 nitrogen and oxygen atoms in total. The zero-order valence-electron chi connectivity index (χ0n) is 16.5. The number of esters is 1. The molecule has 0 radical (unpaired) electrons. The molecule has 4 aliphatic heterocycles. The Labute approximate surface area is 171 Å². The number of H-pyrrole nitrogens is 1. The Morgan fingerprint density at radius 2 is 2.18 bits per heavy atom. The number of aromatic nitrogens is 1. The average Bonchev–Trinajstić information content (AvgIpc) is 3.05. The summed E-state index contributed by atoms with van der Waals surface area (Å²) in [6, 6.07) is 8.76. The molecule has 0 amide bonds. The molecule has 5 heterocycles. The van der Waals surface area contributed by atoms with Crippen LogP contribution in [0.15, 0.2) is 35.9 Å². The quantitative estimate of drug-likeness (QED) is 0.412. The number of halogens is 1. The van der Waals surface area contributed by atoms with Crippen molar-refractivity contribution in [1.82, 2.24) is 4.98 Å². The minimum absolute atomic E-state index is 0. The van der Waals surface area contributed by atoms with Crippen LogP contribution in [-0.4, -0.2) is 53.9 Å². The number of aromatic amines is 1. The highest BCUT2D eigenvalue weighted by Crippen LogP contribution is 2.62. The van der Waals surface area contributed by atoms with Crippen molar-refractivity contribution in [3.8, 4) is 0 Å². The van der Waals surface area contributed by atoms with E-state index in [0.29, 0.717) is 6.04 Å². The van der Waals surface area contributed by atoms with Gasteiger partial charge in [-0.2, -0.15) is 0 Å². The van der Waals surface area contributed by atoms with Crippen LogP contribution < -0.4 is 12.4 Å². The van der Waals surface area contributed by atoms with Gasteiger partial charge in [0.25, 0.3) is 0 Å². The number of nitrogens with one attached hydrogen (secondary N) is 1. The zero-order chi connectivity index (χ0) is 19.0. The predicted octanol–water partition coefficient (Wildman–Crippen LogP) is -0.284. The van der Waals surface area contributed by atoms with Gasteiger partial charge in [-0.1, -0.05) is 24.3 Å². The number of ether oxygens (including phenoxy) is 1. The Kier molecular flexibility index (Phi) is 4.42. The lowest BCUT2D eigenvalue weighted by molar-refractivity contribution is -0.981. The minimum atomic E-state index is -0.865. The first-order valence-corrected chi connectivity index (χ1v) is 9.80. The molecule has 5 atom stereocenters. The number of methoxy groups -OCH3 is 1. The number of benzene rings is 1. The van der Waals surface area contributed by atoms with Gasteiger partial charge in [0, 0.05) is 29.7 Å². The number of carbonyl (C=O) groups excluding carboxylic acids is 1.